The van der Waals surface area contributed by atoms with Gasteiger partial charge in [0.15, 0.2) is 0 Å². The lowest BCUT2D eigenvalue weighted by atomic mass is 10.0. The molecule has 0 aromatic heterocycles. The van der Waals surface area contributed by atoms with Gasteiger partial charge in [-0.15, -0.1) is 0 Å². The van der Waals surface area contributed by atoms with Crippen molar-refractivity contribution in [2.24, 2.45) is 0 Å². The van der Waals surface area contributed by atoms with Crippen molar-refractivity contribution in [2.75, 3.05) is 40.0 Å². The number of amides is 1. The van der Waals surface area contributed by atoms with Gasteiger partial charge in [-0.1, -0.05) is 35.9 Å². The summed E-state index contributed by atoms with van der Waals surface area (Å²) in [5.41, 5.74) is 2.07. The fraction of sp³-hybridized carbons (Fsp3) is 0.381. The molecule has 3 rings (SSSR count). The van der Waals surface area contributed by atoms with Crippen LogP contribution in [-0.2, 0) is 16.0 Å². The lowest BCUT2D eigenvalue weighted by molar-refractivity contribution is -0.120. The third-order valence-electron chi connectivity index (χ3n) is 4.74. The van der Waals surface area contributed by atoms with E-state index in [9.17, 15) is 4.79 Å². The van der Waals surface area contributed by atoms with Crippen LogP contribution in [0.3, 0.4) is 0 Å². The van der Waals surface area contributed by atoms with E-state index in [2.05, 4.69) is 16.3 Å². The molecule has 5 nitrogen and oxygen atoms in total. The van der Waals surface area contributed by atoms with Crippen molar-refractivity contribution in [3.8, 4) is 5.75 Å². The Bertz CT molecular complexity index is 745. The molecule has 1 saturated heterocycles. The van der Waals surface area contributed by atoms with Crippen LogP contribution in [-0.4, -0.2) is 50.8 Å². The van der Waals surface area contributed by atoms with Crippen molar-refractivity contribution in [1.29, 1.82) is 0 Å². The smallest absolute Gasteiger partial charge is 0.224 e. The molecule has 0 radical (unpaired) electrons. The number of nitrogens with zero attached hydrogens (tertiary/aromatic N) is 1. The molecule has 1 aliphatic heterocycles. The summed E-state index contributed by atoms with van der Waals surface area (Å²) >= 11 is 5.90. The summed E-state index contributed by atoms with van der Waals surface area (Å²) in [5.74, 6) is 0.816. The van der Waals surface area contributed by atoms with Crippen LogP contribution in [0.1, 0.15) is 17.2 Å². The van der Waals surface area contributed by atoms with E-state index in [1.807, 2.05) is 30.3 Å². The molecule has 0 saturated carbocycles. The fourth-order valence-electron chi connectivity index (χ4n) is 3.26. The van der Waals surface area contributed by atoms with Gasteiger partial charge in [-0.05, 0) is 35.4 Å². The Morgan fingerprint density at radius 1 is 1.22 bits per heavy atom. The number of halogens is 1. The van der Waals surface area contributed by atoms with Crippen LogP contribution in [0, 0.1) is 0 Å². The van der Waals surface area contributed by atoms with Gasteiger partial charge in [-0.2, -0.15) is 0 Å². The predicted molar refractivity (Wildman–Crippen MR) is 106 cm³/mol. The van der Waals surface area contributed by atoms with Crippen LogP contribution in [0.2, 0.25) is 5.02 Å². The van der Waals surface area contributed by atoms with Crippen LogP contribution < -0.4 is 10.1 Å². The zero-order valence-corrected chi connectivity index (χ0v) is 16.2. The highest BCUT2D eigenvalue weighted by atomic mass is 35.5. The fourth-order valence-corrected chi connectivity index (χ4v) is 3.38. The van der Waals surface area contributed by atoms with E-state index in [-0.39, 0.29) is 11.9 Å². The van der Waals surface area contributed by atoms with Crippen molar-refractivity contribution >= 4 is 17.5 Å². The quantitative estimate of drug-likeness (QED) is 0.792. The number of hydrogen-bond acceptors (Lipinski definition) is 4. The first-order valence-electron chi connectivity index (χ1n) is 9.12. The summed E-state index contributed by atoms with van der Waals surface area (Å²) < 4.78 is 10.8. The summed E-state index contributed by atoms with van der Waals surface area (Å²) in [6.07, 6.45) is 0.338. The molecule has 1 amide bonds. The van der Waals surface area contributed by atoms with Crippen LogP contribution >= 0.6 is 11.6 Å². The van der Waals surface area contributed by atoms with Crippen molar-refractivity contribution in [3.63, 3.8) is 0 Å². The van der Waals surface area contributed by atoms with Gasteiger partial charge in [0.25, 0.3) is 0 Å². The lowest BCUT2D eigenvalue weighted by Crippen LogP contribution is -2.44. The summed E-state index contributed by atoms with van der Waals surface area (Å²) in [7, 11) is 1.66. The molecule has 1 atom stereocenters. The number of nitrogens with one attached hydrogen (secondary N) is 1. The number of ether oxygens (including phenoxy) is 2. The average molecular weight is 389 g/mol. The second-order valence-electron chi connectivity index (χ2n) is 6.55. The van der Waals surface area contributed by atoms with E-state index >= 15 is 0 Å². The third-order valence-corrected chi connectivity index (χ3v) is 4.99. The van der Waals surface area contributed by atoms with Crippen LogP contribution in [0.5, 0.6) is 5.75 Å². The number of morpholine rings is 1. The molecule has 1 N–H and O–H groups in total. The highest BCUT2D eigenvalue weighted by Crippen LogP contribution is 2.24. The van der Waals surface area contributed by atoms with Gasteiger partial charge < -0.3 is 14.8 Å². The van der Waals surface area contributed by atoms with Crippen LogP contribution in [0.15, 0.2) is 48.5 Å². The van der Waals surface area contributed by atoms with Crippen LogP contribution in [0.25, 0.3) is 0 Å². The summed E-state index contributed by atoms with van der Waals surface area (Å²) in [6.45, 7) is 3.64. The SMILES string of the molecule is COc1cccc(C(CNC(=O)Cc2ccc(Cl)cc2)N2CCOCC2)c1. The van der Waals surface area contributed by atoms with Gasteiger partial charge in [0, 0.05) is 24.7 Å². The highest BCUT2D eigenvalue weighted by Gasteiger charge is 2.23. The Hall–Kier alpha value is -2.08. The molecular weight excluding hydrogens is 364 g/mol. The summed E-state index contributed by atoms with van der Waals surface area (Å²) in [4.78, 5) is 14.8. The van der Waals surface area contributed by atoms with Gasteiger partial charge in [0.2, 0.25) is 5.91 Å². The van der Waals surface area contributed by atoms with E-state index in [0.29, 0.717) is 31.2 Å². The van der Waals surface area contributed by atoms with Gasteiger partial charge in [-0.3, -0.25) is 9.69 Å². The Kier molecular flexibility index (Phi) is 7.10. The molecule has 2 aromatic rings. The van der Waals surface area contributed by atoms with Crippen molar-refractivity contribution in [1.82, 2.24) is 10.2 Å². The molecular formula is C21H25ClN2O3. The molecule has 0 spiro atoms. The number of hydrogen-bond donors (Lipinski definition) is 1. The number of methoxy groups -OCH3 is 1. The van der Waals surface area contributed by atoms with E-state index in [1.165, 1.54) is 0 Å². The van der Waals surface area contributed by atoms with Gasteiger partial charge in [0.1, 0.15) is 5.75 Å². The van der Waals surface area contributed by atoms with Crippen molar-refractivity contribution in [3.05, 3.63) is 64.7 Å². The minimum Gasteiger partial charge on any atom is -0.497 e. The Balaban J connectivity index is 1.67. The van der Waals surface area contributed by atoms with Crippen LogP contribution in [0.4, 0.5) is 0 Å². The predicted octanol–water partition coefficient (Wildman–Crippen LogP) is 3.08. The van der Waals surface area contributed by atoms with Crippen molar-refractivity contribution < 1.29 is 14.3 Å². The minimum atomic E-state index is -0.00141. The topological polar surface area (TPSA) is 50.8 Å². The normalized spacial score (nSPS) is 15.9. The first-order valence-corrected chi connectivity index (χ1v) is 9.50. The first-order chi connectivity index (χ1) is 13.2. The maximum atomic E-state index is 12.4. The molecule has 1 fully saturated rings. The molecule has 2 aromatic carbocycles. The van der Waals surface area contributed by atoms with E-state index in [4.69, 9.17) is 21.1 Å². The molecule has 0 bridgehead atoms. The minimum absolute atomic E-state index is 0.00141. The number of benzene rings is 2. The zero-order valence-electron chi connectivity index (χ0n) is 15.5. The maximum Gasteiger partial charge on any atom is 0.224 e. The number of rotatable bonds is 7. The molecule has 6 heteroatoms. The molecule has 0 aliphatic carbocycles. The van der Waals surface area contributed by atoms with E-state index in [1.54, 1.807) is 19.2 Å². The maximum absolute atomic E-state index is 12.4. The molecule has 27 heavy (non-hydrogen) atoms. The second-order valence-corrected chi connectivity index (χ2v) is 6.98. The molecule has 1 heterocycles. The number of carbonyl (C=O) groups excluding carboxylic acids is 1. The Morgan fingerprint density at radius 2 is 1.96 bits per heavy atom. The number of carbonyl (C=O) groups is 1. The molecule has 1 aliphatic rings. The average Bonchev–Trinajstić information content (AvgIpc) is 2.71. The molecule has 144 valence electrons. The Labute approximate surface area is 165 Å². The zero-order chi connectivity index (χ0) is 19.1. The largest absolute Gasteiger partial charge is 0.497 e. The monoisotopic (exact) mass is 388 g/mol. The van der Waals surface area contributed by atoms with Gasteiger partial charge >= 0.3 is 0 Å². The van der Waals surface area contributed by atoms with Gasteiger partial charge in [-0.25, -0.2) is 0 Å². The summed E-state index contributed by atoms with van der Waals surface area (Å²) in [6, 6.07) is 15.5. The van der Waals surface area contributed by atoms with Gasteiger partial charge in [0.05, 0.1) is 32.8 Å². The van der Waals surface area contributed by atoms with E-state index < -0.39 is 0 Å². The second kappa shape index (κ2) is 9.74. The first kappa shape index (κ1) is 19.7. The lowest BCUT2D eigenvalue weighted by Gasteiger charge is -2.35. The third kappa shape index (κ3) is 5.70. The standard InChI is InChI=1S/C21H25ClN2O3/c1-26-19-4-2-3-17(14-19)20(24-9-11-27-12-10-24)15-23-21(25)13-16-5-7-18(22)8-6-16/h2-8,14,20H,9-13,15H2,1H3,(H,23,25). The van der Waals surface area contributed by atoms with Crippen molar-refractivity contribution in [2.45, 2.75) is 12.5 Å². The molecule has 1 unspecified atom stereocenters. The highest BCUT2D eigenvalue weighted by molar-refractivity contribution is 6.30. The van der Waals surface area contributed by atoms with E-state index in [0.717, 1.165) is 30.0 Å². The summed E-state index contributed by atoms with van der Waals surface area (Å²) in [5, 5.41) is 3.75. The Morgan fingerprint density at radius 3 is 2.67 bits per heavy atom.